The Morgan fingerprint density at radius 2 is 2.26 bits per heavy atom. The quantitative estimate of drug-likeness (QED) is 0.898. The first-order valence-electron chi connectivity index (χ1n) is 5.78. The van der Waals surface area contributed by atoms with E-state index in [1.165, 1.54) is 11.3 Å². The molecular weight excluding hydrogens is 326 g/mol. The molecule has 0 saturated carbocycles. The van der Waals surface area contributed by atoms with Crippen molar-refractivity contribution in [3.05, 3.63) is 56.7 Å². The number of thiophene rings is 1. The highest BCUT2D eigenvalue weighted by atomic mass is 79.9. The van der Waals surface area contributed by atoms with Crippen LogP contribution in [-0.2, 0) is 5.60 Å². The lowest BCUT2D eigenvalue weighted by atomic mass is 9.99. The molecule has 1 atom stereocenters. The molecule has 1 heterocycles. The molecule has 100 valence electrons. The van der Waals surface area contributed by atoms with Crippen LogP contribution in [0.15, 0.2) is 45.6 Å². The summed E-state index contributed by atoms with van der Waals surface area (Å²) in [6, 6.07) is 9.00. The number of carbonyl (C=O) groups is 1. The molecule has 2 N–H and O–H groups in total. The third-order valence-corrected chi connectivity index (χ3v) is 4.00. The molecule has 0 spiro atoms. The first-order valence-corrected chi connectivity index (χ1v) is 7.51. The van der Waals surface area contributed by atoms with Gasteiger partial charge in [-0.15, -0.1) is 0 Å². The average molecular weight is 340 g/mol. The van der Waals surface area contributed by atoms with Crippen molar-refractivity contribution in [2.24, 2.45) is 0 Å². The molecule has 0 aliphatic heterocycles. The highest BCUT2D eigenvalue weighted by Crippen LogP contribution is 2.22. The summed E-state index contributed by atoms with van der Waals surface area (Å²) in [6.45, 7) is 1.87. The van der Waals surface area contributed by atoms with Gasteiger partial charge in [0.1, 0.15) is 5.60 Å². The van der Waals surface area contributed by atoms with Gasteiger partial charge in [0.05, 0.1) is 6.54 Å². The molecule has 0 aliphatic carbocycles. The Bertz CT molecular complexity index is 567. The molecule has 1 unspecified atom stereocenters. The van der Waals surface area contributed by atoms with Gasteiger partial charge < -0.3 is 10.4 Å². The second-order valence-electron chi connectivity index (χ2n) is 4.48. The molecule has 2 aromatic rings. The average Bonchev–Trinajstić information content (AvgIpc) is 2.90. The number of halogens is 1. The van der Waals surface area contributed by atoms with E-state index in [-0.39, 0.29) is 12.5 Å². The molecule has 3 nitrogen and oxygen atoms in total. The van der Waals surface area contributed by atoms with Crippen molar-refractivity contribution < 1.29 is 9.90 Å². The first kappa shape index (κ1) is 14.2. The zero-order valence-electron chi connectivity index (χ0n) is 10.4. The SMILES string of the molecule is CC(O)(CNC(=O)c1cccc(Br)c1)c1ccsc1. The van der Waals surface area contributed by atoms with Crippen molar-refractivity contribution in [3.63, 3.8) is 0 Å². The Balaban J connectivity index is 2.01. The smallest absolute Gasteiger partial charge is 0.251 e. The number of nitrogens with one attached hydrogen (secondary N) is 1. The Morgan fingerprint density at radius 3 is 2.89 bits per heavy atom. The summed E-state index contributed by atoms with van der Waals surface area (Å²) in [5.41, 5.74) is 0.323. The van der Waals surface area contributed by atoms with Crippen LogP contribution in [0.25, 0.3) is 0 Å². The predicted octanol–water partition coefficient (Wildman–Crippen LogP) is 3.15. The molecule has 1 amide bonds. The lowest BCUT2D eigenvalue weighted by molar-refractivity contribution is 0.0530. The second-order valence-corrected chi connectivity index (χ2v) is 6.17. The molecule has 0 saturated heterocycles. The van der Waals surface area contributed by atoms with Crippen molar-refractivity contribution in [1.29, 1.82) is 0 Å². The first-order chi connectivity index (χ1) is 8.99. The van der Waals surface area contributed by atoms with Gasteiger partial charge >= 0.3 is 0 Å². The molecule has 1 aromatic heterocycles. The molecule has 19 heavy (non-hydrogen) atoms. The predicted molar refractivity (Wildman–Crippen MR) is 80.4 cm³/mol. The number of aliphatic hydroxyl groups is 1. The van der Waals surface area contributed by atoms with Gasteiger partial charge in [-0.1, -0.05) is 22.0 Å². The van der Waals surface area contributed by atoms with Crippen LogP contribution in [0.4, 0.5) is 0 Å². The van der Waals surface area contributed by atoms with E-state index < -0.39 is 5.60 Å². The van der Waals surface area contributed by atoms with Gasteiger partial charge in [-0.25, -0.2) is 0 Å². The number of hydrogen-bond acceptors (Lipinski definition) is 3. The Kier molecular flexibility index (Phi) is 4.39. The fourth-order valence-corrected chi connectivity index (χ4v) is 2.84. The fraction of sp³-hybridized carbons (Fsp3) is 0.214. The van der Waals surface area contributed by atoms with Crippen LogP contribution in [0.2, 0.25) is 0 Å². The van der Waals surface area contributed by atoms with E-state index in [4.69, 9.17) is 0 Å². The van der Waals surface area contributed by atoms with Gasteiger partial charge in [-0.3, -0.25) is 4.79 Å². The lowest BCUT2D eigenvalue weighted by Crippen LogP contribution is -2.38. The van der Waals surface area contributed by atoms with Gasteiger partial charge in [0.2, 0.25) is 0 Å². The van der Waals surface area contributed by atoms with Crippen LogP contribution in [0.3, 0.4) is 0 Å². The highest BCUT2D eigenvalue weighted by Gasteiger charge is 2.24. The minimum absolute atomic E-state index is 0.176. The summed E-state index contributed by atoms with van der Waals surface area (Å²) in [5.74, 6) is -0.197. The molecule has 0 aliphatic rings. The van der Waals surface area contributed by atoms with Crippen molar-refractivity contribution in [2.45, 2.75) is 12.5 Å². The Labute approximate surface area is 124 Å². The molecule has 0 fully saturated rings. The standard InChI is InChI=1S/C14H14BrNO2S/c1-14(18,11-5-6-19-8-11)9-16-13(17)10-3-2-4-12(15)7-10/h2-8,18H,9H2,1H3,(H,16,17). The summed E-state index contributed by atoms with van der Waals surface area (Å²) >= 11 is 4.84. The number of amides is 1. The van der Waals surface area contributed by atoms with E-state index in [0.29, 0.717) is 5.56 Å². The third kappa shape index (κ3) is 3.65. The zero-order chi connectivity index (χ0) is 13.9. The monoisotopic (exact) mass is 339 g/mol. The van der Waals surface area contributed by atoms with E-state index in [1.54, 1.807) is 25.1 Å². The minimum Gasteiger partial charge on any atom is -0.384 e. The lowest BCUT2D eigenvalue weighted by Gasteiger charge is -2.22. The summed E-state index contributed by atoms with van der Waals surface area (Å²) in [6.07, 6.45) is 0. The van der Waals surface area contributed by atoms with Crippen LogP contribution >= 0.6 is 27.3 Å². The zero-order valence-corrected chi connectivity index (χ0v) is 12.8. The van der Waals surface area contributed by atoms with E-state index in [0.717, 1.165) is 10.0 Å². The number of rotatable bonds is 4. The number of carbonyl (C=O) groups excluding carboxylic acids is 1. The highest BCUT2D eigenvalue weighted by molar-refractivity contribution is 9.10. The number of hydrogen-bond donors (Lipinski definition) is 2. The van der Waals surface area contributed by atoms with Gasteiger partial charge in [-0.05, 0) is 47.5 Å². The molecule has 0 radical (unpaired) electrons. The normalized spacial score (nSPS) is 13.8. The number of benzene rings is 1. The van der Waals surface area contributed by atoms with Crippen molar-refractivity contribution in [2.75, 3.05) is 6.54 Å². The van der Waals surface area contributed by atoms with E-state index in [9.17, 15) is 9.90 Å². The summed E-state index contributed by atoms with van der Waals surface area (Å²) in [7, 11) is 0. The molecular formula is C14H14BrNO2S. The molecule has 0 bridgehead atoms. The van der Waals surface area contributed by atoms with Crippen LogP contribution in [0.1, 0.15) is 22.8 Å². The molecule has 1 aromatic carbocycles. The summed E-state index contributed by atoms with van der Waals surface area (Å²) in [4.78, 5) is 12.0. The van der Waals surface area contributed by atoms with E-state index in [1.807, 2.05) is 22.9 Å². The van der Waals surface area contributed by atoms with Crippen LogP contribution in [0, 0.1) is 0 Å². The van der Waals surface area contributed by atoms with Gasteiger partial charge in [0, 0.05) is 10.0 Å². The maximum Gasteiger partial charge on any atom is 0.251 e. The van der Waals surface area contributed by atoms with E-state index >= 15 is 0 Å². The molecule has 5 heteroatoms. The third-order valence-electron chi connectivity index (χ3n) is 2.82. The van der Waals surface area contributed by atoms with Crippen LogP contribution < -0.4 is 5.32 Å². The van der Waals surface area contributed by atoms with Crippen molar-refractivity contribution in [3.8, 4) is 0 Å². The summed E-state index contributed by atoms with van der Waals surface area (Å²) in [5, 5.41) is 16.8. The second kappa shape index (κ2) is 5.86. The van der Waals surface area contributed by atoms with E-state index in [2.05, 4.69) is 21.2 Å². The van der Waals surface area contributed by atoms with Crippen LogP contribution in [-0.4, -0.2) is 17.6 Å². The van der Waals surface area contributed by atoms with Gasteiger partial charge in [0.25, 0.3) is 5.91 Å². The van der Waals surface area contributed by atoms with Gasteiger partial charge in [-0.2, -0.15) is 11.3 Å². The maximum absolute atomic E-state index is 12.0. The summed E-state index contributed by atoms with van der Waals surface area (Å²) < 4.78 is 0.852. The molecule has 2 rings (SSSR count). The Morgan fingerprint density at radius 1 is 1.47 bits per heavy atom. The van der Waals surface area contributed by atoms with Crippen molar-refractivity contribution >= 4 is 33.2 Å². The van der Waals surface area contributed by atoms with Gasteiger partial charge in [0.15, 0.2) is 0 Å². The largest absolute Gasteiger partial charge is 0.384 e. The minimum atomic E-state index is -1.05. The fourth-order valence-electron chi connectivity index (χ4n) is 1.66. The van der Waals surface area contributed by atoms with Crippen LogP contribution in [0.5, 0.6) is 0 Å². The topological polar surface area (TPSA) is 49.3 Å². The maximum atomic E-state index is 12.0. The Hall–Kier alpha value is -1.17. The van der Waals surface area contributed by atoms with Crippen molar-refractivity contribution in [1.82, 2.24) is 5.32 Å².